The molecule has 1 N–H and O–H groups in total. The molecule has 1 aliphatic carbocycles. The third-order valence-corrected chi connectivity index (χ3v) is 3.97. The molecule has 2 atom stereocenters. The van der Waals surface area contributed by atoms with Crippen molar-refractivity contribution in [2.45, 2.75) is 51.0 Å². The van der Waals surface area contributed by atoms with Crippen LogP contribution in [0.25, 0.3) is 0 Å². The summed E-state index contributed by atoms with van der Waals surface area (Å²) in [6.45, 7) is 1.88. The first-order valence-electron chi connectivity index (χ1n) is 6.23. The Balaban J connectivity index is 1.88. The highest BCUT2D eigenvalue weighted by molar-refractivity contribution is 5.66. The molecule has 0 aromatic carbocycles. The molecule has 0 aromatic heterocycles. The number of rotatable bonds is 3. The van der Waals surface area contributed by atoms with E-state index in [9.17, 15) is 4.79 Å². The number of carboxylic acid groups (broad SMARTS) is 1. The van der Waals surface area contributed by atoms with E-state index in [1.165, 1.54) is 38.5 Å². The number of nitrogens with zero attached hydrogens (tertiary/aromatic N) is 1. The zero-order valence-corrected chi connectivity index (χ0v) is 9.32. The van der Waals surface area contributed by atoms with Crippen LogP contribution in [0.5, 0.6) is 0 Å². The molecule has 0 unspecified atom stereocenters. The normalized spacial score (nSPS) is 32.3. The van der Waals surface area contributed by atoms with Crippen LogP contribution in [0.2, 0.25) is 0 Å². The largest absolute Gasteiger partial charge is 0.481 e. The predicted octanol–water partition coefficient (Wildman–Crippen LogP) is 2.12. The van der Waals surface area contributed by atoms with E-state index in [-0.39, 0.29) is 0 Å². The number of carbonyl (C=O) groups is 1. The molecule has 1 saturated heterocycles. The van der Waals surface area contributed by atoms with Gasteiger partial charge in [-0.3, -0.25) is 9.69 Å². The van der Waals surface area contributed by atoms with E-state index in [0.717, 1.165) is 19.0 Å². The minimum absolute atomic E-state index is 0.309. The fourth-order valence-corrected chi connectivity index (χ4v) is 3.24. The first kappa shape index (κ1) is 10.9. The van der Waals surface area contributed by atoms with E-state index in [0.29, 0.717) is 12.5 Å². The van der Waals surface area contributed by atoms with Gasteiger partial charge in [0.1, 0.15) is 0 Å². The molecule has 0 amide bonds. The van der Waals surface area contributed by atoms with Gasteiger partial charge in [0.25, 0.3) is 0 Å². The lowest BCUT2D eigenvalue weighted by molar-refractivity contribution is -0.137. The molecular formula is C12H21NO2. The van der Waals surface area contributed by atoms with Crippen LogP contribution in [-0.4, -0.2) is 35.1 Å². The van der Waals surface area contributed by atoms with Crippen molar-refractivity contribution in [1.29, 1.82) is 0 Å². The average Bonchev–Trinajstić information content (AvgIpc) is 2.26. The standard InChI is InChI=1S/C12H21NO2/c14-12(15)7-9-13-8-3-5-10-4-1-2-6-11(10)13/h10-11H,1-9H2,(H,14,15)/t10-,11-/m1/s1. The summed E-state index contributed by atoms with van der Waals surface area (Å²) < 4.78 is 0. The van der Waals surface area contributed by atoms with E-state index in [2.05, 4.69) is 4.90 Å². The zero-order valence-electron chi connectivity index (χ0n) is 9.32. The molecule has 0 bridgehead atoms. The van der Waals surface area contributed by atoms with Gasteiger partial charge in [-0.1, -0.05) is 12.8 Å². The smallest absolute Gasteiger partial charge is 0.304 e. The summed E-state index contributed by atoms with van der Waals surface area (Å²) in [5.74, 6) is 0.203. The summed E-state index contributed by atoms with van der Waals surface area (Å²) in [5.41, 5.74) is 0. The van der Waals surface area contributed by atoms with Gasteiger partial charge in [0.05, 0.1) is 6.42 Å². The van der Waals surface area contributed by atoms with Gasteiger partial charge in [-0.05, 0) is 38.1 Å². The Morgan fingerprint density at radius 3 is 2.73 bits per heavy atom. The molecule has 1 heterocycles. The molecule has 15 heavy (non-hydrogen) atoms. The molecule has 0 radical (unpaired) electrons. The van der Waals surface area contributed by atoms with Crippen molar-refractivity contribution in [3.05, 3.63) is 0 Å². The van der Waals surface area contributed by atoms with Gasteiger partial charge in [0.15, 0.2) is 0 Å². The Morgan fingerprint density at radius 2 is 1.93 bits per heavy atom. The molecule has 1 aliphatic heterocycles. The van der Waals surface area contributed by atoms with Crippen LogP contribution in [0.4, 0.5) is 0 Å². The van der Waals surface area contributed by atoms with Crippen LogP contribution < -0.4 is 0 Å². The molecule has 0 aromatic rings. The van der Waals surface area contributed by atoms with Crippen molar-refractivity contribution in [2.24, 2.45) is 5.92 Å². The second-order valence-corrected chi connectivity index (χ2v) is 4.93. The zero-order chi connectivity index (χ0) is 10.7. The summed E-state index contributed by atoms with van der Waals surface area (Å²) in [5, 5.41) is 8.71. The van der Waals surface area contributed by atoms with E-state index in [1.54, 1.807) is 0 Å². The summed E-state index contributed by atoms with van der Waals surface area (Å²) in [6, 6.07) is 0.701. The van der Waals surface area contributed by atoms with Crippen LogP contribution in [-0.2, 0) is 4.79 Å². The number of aliphatic carboxylic acids is 1. The molecule has 86 valence electrons. The van der Waals surface area contributed by atoms with E-state index < -0.39 is 5.97 Å². The Hall–Kier alpha value is -0.570. The van der Waals surface area contributed by atoms with Crippen molar-refractivity contribution < 1.29 is 9.90 Å². The summed E-state index contributed by atoms with van der Waals surface area (Å²) in [6.07, 6.45) is 8.33. The molecule has 2 rings (SSSR count). The van der Waals surface area contributed by atoms with Crippen LogP contribution in [0.15, 0.2) is 0 Å². The first-order chi connectivity index (χ1) is 7.27. The van der Waals surface area contributed by atoms with Crippen LogP contribution in [0.3, 0.4) is 0 Å². The third kappa shape index (κ3) is 2.71. The molecule has 2 fully saturated rings. The highest BCUT2D eigenvalue weighted by Crippen LogP contribution is 2.35. The second kappa shape index (κ2) is 4.97. The quantitative estimate of drug-likeness (QED) is 0.777. The maximum absolute atomic E-state index is 10.6. The number of piperidine rings is 1. The van der Waals surface area contributed by atoms with Gasteiger partial charge < -0.3 is 5.11 Å². The number of hydrogen-bond acceptors (Lipinski definition) is 2. The van der Waals surface area contributed by atoms with Gasteiger partial charge in [0, 0.05) is 12.6 Å². The topological polar surface area (TPSA) is 40.5 Å². The van der Waals surface area contributed by atoms with Crippen molar-refractivity contribution in [3.63, 3.8) is 0 Å². The Kier molecular flexibility index (Phi) is 3.62. The van der Waals surface area contributed by atoms with Crippen LogP contribution in [0.1, 0.15) is 44.9 Å². The van der Waals surface area contributed by atoms with Gasteiger partial charge in [-0.25, -0.2) is 0 Å². The maximum atomic E-state index is 10.6. The molecule has 3 nitrogen and oxygen atoms in total. The lowest BCUT2D eigenvalue weighted by Gasteiger charge is -2.44. The van der Waals surface area contributed by atoms with Gasteiger partial charge in [-0.15, -0.1) is 0 Å². The summed E-state index contributed by atoms with van der Waals surface area (Å²) in [7, 11) is 0. The van der Waals surface area contributed by atoms with Crippen molar-refractivity contribution >= 4 is 5.97 Å². The number of hydrogen-bond donors (Lipinski definition) is 1. The lowest BCUT2D eigenvalue weighted by Crippen LogP contribution is -2.47. The van der Waals surface area contributed by atoms with Crippen molar-refractivity contribution in [3.8, 4) is 0 Å². The minimum atomic E-state index is -0.659. The maximum Gasteiger partial charge on any atom is 0.304 e. The SMILES string of the molecule is O=C(O)CCN1CCC[C@H]2CCCC[C@H]21. The Morgan fingerprint density at radius 1 is 1.20 bits per heavy atom. The van der Waals surface area contributed by atoms with Gasteiger partial charge in [-0.2, -0.15) is 0 Å². The summed E-state index contributed by atoms with van der Waals surface area (Å²) >= 11 is 0. The fourth-order valence-electron chi connectivity index (χ4n) is 3.24. The van der Waals surface area contributed by atoms with Gasteiger partial charge in [0.2, 0.25) is 0 Å². The first-order valence-corrected chi connectivity index (χ1v) is 6.23. The number of fused-ring (bicyclic) bond motifs is 1. The Bertz CT molecular complexity index is 228. The fraction of sp³-hybridized carbons (Fsp3) is 0.917. The van der Waals surface area contributed by atoms with Gasteiger partial charge >= 0.3 is 5.97 Å². The number of likely N-dealkylation sites (tertiary alicyclic amines) is 1. The third-order valence-electron chi connectivity index (χ3n) is 3.97. The van der Waals surface area contributed by atoms with Crippen LogP contribution >= 0.6 is 0 Å². The molecule has 3 heteroatoms. The number of carboxylic acids is 1. The van der Waals surface area contributed by atoms with E-state index in [1.807, 2.05) is 0 Å². The molecular weight excluding hydrogens is 190 g/mol. The molecule has 1 saturated carbocycles. The van der Waals surface area contributed by atoms with Crippen molar-refractivity contribution in [2.75, 3.05) is 13.1 Å². The second-order valence-electron chi connectivity index (χ2n) is 4.93. The predicted molar refractivity (Wildman–Crippen MR) is 58.8 cm³/mol. The lowest BCUT2D eigenvalue weighted by atomic mass is 9.78. The Labute approximate surface area is 91.5 Å². The average molecular weight is 211 g/mol. The minimum Gasteiger partial charge on any atom is -0.481 e. The van der Waals surface area contributed by atoms with E-state index >= 15 is 0 Å². The monoisotopic (exact) mass is 211 g/mol. The van der Waals surface area contributed by atoms with Crippen molar-refractivity contribution in [1.82, 2.24) is 4.90 Å². The highest BCUT2D eigenvalue weighted by atomic mass is 16.4. The molecule has 2 aliphatic rings. The highest BCUT2D eigenvalue weighted by Gasteiger charge is 2.32. The van der Waals surface area contributed by atoms with Crippen LogP contribution in [0, 0.1) is 5.92 Å². The summed E-state index contributed by atoms with van der Waals surface area (Å²) in [4.78, 5) is 13.0. The van der Waals surface area contributed by atoms with E-state index in [4.69, 9.17) is 5.11 Å². The molecule has 0 spiro atoms.